The number of hydrogen-bond acceptors (Lipinski definition) is 6. The van der Waals surface area contributed by atoms with E-state index in [9.17, 15) is 0 Å². The molecule has 1 unspecified atom stereocenters. The maximum Gasteiger partial charge on any atom is 0.244 e. The lowest BCUT2D eigenvalue weighted by Crippen LogP contribution is -2.20. The zero-order valence-corrected chi connectivity index (χ0v) is 14.1. The van der Waals surface area contributed by atoms with Crippen molar-refractivity contribution in [2.24, 2.45) is 0 Å². The molecule has 2 aromatic rings. The number of nitrogens with zero attached hydrogens (tertiary/aromatic N) is 4. The molecule has 6 heteroatoms. The van der Waals surface area contributed by atoms with Gasteiger partial charge in [-0.3, -0.25) is 4.90 Å². The van der Waals surface area contributed by atoms with E-state index in [1.165, 1.54) is 25.7 Å². The molecule has 2 fully saturated rings. The predicted octanol–water partition coefficient (Wildman–Crippen LogP) is 3.61. The van der Waals surface area contributed by atoms with Crippen LogP contribution in [0.3, 0.4) is 0 Å². The first kappa shape index (κ1) is 15.6. The third-order valence-corrected chi connectivity index (χ3v) is 5.08. The second kappa shape index (κ2) is 6.89. The van der Waals surface area contributed by atoms with Gasteiger partial charge < -0.3 is 9.26 Å². The molecule has 0 N–H and O–H groups in total. The monoisotopic (exact) mass is 328 g/mol. The lowest BCUT2D eigenvalue weighted by molar-refractivity contribution is 0.148. The summed E-state index contributed by atoms with van der Waals surface area (Å²) < 4.78 is 11.4. The van der Waals surface area contributed by atoms with Gasteiger partial charge in [-0.05, 0) is 58.2 Å². The molecule has 2 aliphatic rings. The summed E-state index contributed by atoms with van der Waals surface area (Å²) in [6.07, 6.45) is 10.4. The van der Waals surface area contributed by atoms with Crippen molar-refractivity contribution in [1.82, 2.24) is 20.0 Å². The normalized spacial score (nSPS) is 22.8. The number of aromatic nitrogens is 3. The predicted molar refractivity (Wildman–Crippen MR) is 89.6 cm³/mol. The van der Waals surface area contributed by atoms with Gasteiger partial charge in [0, 0.05) is 17.8 Å². The molecule has 6 nitrogen and oxygen atoms in total. The van der Waals surface area contributed by atoms with Crippen molar-refractivity contribution in [3.8, 4) is 17.3 Å². The average Bonchev–Trinajstić information content (AvgIpc) is 3.25. The van der Waals surface area contributed by atoms with E-state index in [1.807, 2.05) is 12.1 Å². The Balaban J connectivity index is 1.44. The minimum absolute atomic E-state index is 0.244. The van der Waals surface area contributed by atoms with Crippen molar-refractivity contribution >= 4 is 0 Å². The Morgan fingerprint density at radius 2 is 2.00 bits per heavy atom. The van der Waals surface area contributed by atoms with Crippen LogP contribution in [0.5, 0.6) is 5.88 Å². The molecule has 1 aliphatic carbocycles. The molecule has 0 amide bonds. The van der Waals surface area contributed by atoms with Gasteiger partial charge in [0.1, 0.15) is 6.10 Å². The van der Waals surface area contributed by atoms with Gasteiger partial charge >= 0.3 is 0 Å². The number of likely N-dealkylation sites (tertiary alicyclic amines) is 1. The first-order valence-electron chi connectivity index (χ1n) is 8.96. The highest BCUT2D eigenvalue weighted by Gasteiger charge is 2.28. The minimum atomic E-state index is 0.244. The highest BCUT2D eigenvalue weighted by molar-refractivity contribution is 5.53. The van der Waals surface area contributed by atoms with E-state index in [0.29, 0.717) is 23.7 Å². The summed E-state index contributed by atoms with van der Waals surface area (Å²) in [6.45, 7) is 1.08. The smallest absolute Gasteiger partial charge is 0.244 e. The molecule has 1 saturated carbocycles. The molecule has 1 aliphatic heterocycles. The summed E-state index contributed by atoms with van der Waals surface area (Å²) in [7, 11) is 2.10. The number of pyridine rings is 1. The van der Waals surface area contributed by atoms with Crippen molar-refractivity contribution < 1.29 is 9.26 Å². The van der Waals surface area contributed by atoms with E-state index >= 15 is 0 Å². The maximum absolute atomic E-state index is 5.96. The summed E-state index contributed by atoms with van der Waals surface area (Å²) in [6, 6.07) is 4.10. The molecule has 0 spiro atoms. The van der Waals surface area contributed by atoms with Crippen molar-refractivity contribution in [2.45, 2.75) is 57.1 Å². The molecule has 1 atom stereocenters. The average molecular weight is 328 g/mol. The van der Waals surface area contributed by atoms with E-state index in [2.05, 4.69) is 27.1 Å². The largest absolute Gasteiger partial charge is 0.474 e. The molecule has 0 aromatic carbocycles. The highest BCUT2D eigenvalue weighted by Crippen LogP contribution is 2.30. The van der Waals surface area contributed by atoms with Crippen LogP contribution < -0.4 is 4.74 Å². The van der Waals surface area contributed by atoms with Crippen LogP contribution in [0.4, 0.5) is 0 Å². The SMILES string of the molecule is CN1CCCC1c1nc(-c2ccc(OC3CCCCC3)nc2)no1. The topological polar surface area (TPSA) is 64.3 Å². The molecule has 4 rings (SSSR count). The summed E-state index contributed by atoms with van der Waals surface area (Å²) in [5.74, 6) is 1.99. The molecule has 24 heavy (non-hydrogen) atoms. The van der Waals surface area contributed by atoms with Gasteiger partial charge in [0.25, 0.3) is 0 Å². The van der Waals surface area contributed by atoms with Crippen LogP contribution in [0.2, 0.25) is 0 Å². The van der Waals surface area contributed by atoms with Gasteiger partial charge in [-0.15, -0.1) is 0 Å². The van der Waals surface area contributed by atoms with Crippen LogP contribution in [0.1, 0.15) is 56.9 Å². The Morgan fingerprint density at radius 1 is 1.12 bits per heavy atom. The Bertz CT molecular complexity index is 664. The lowest BCUT2D eigenvalue weighted by atomic mass is 9.98. The van der Waals surface area contributed by atoms with Crippen LogP contribution in [-0.2, 0) is 0 Å². The van der Waals surface area contributed by atoms with E-state index < -0.39 is 0 Å². The van der Waals surface area contributed by atoms with Crippen molar-refractivity contribution in [2.75, 3.05) is 13.6 Å². The van der Waals surface area contributed by atoms with Crippen LogP contribution in [0.15, 0.2) is 22.9 Å². The summed E-state index contributed by atoms with van der Waals surface area (Å²) >= 11 is 0. The first-order chi connectivity index (χ1) is 11.8. The summed E-state index contributed by atoms with van der Waals surface area (Å²) in [5.41, 5.74) is 0.863. The number of hydrogen-bond donors (Lipinski definition) is 0. The van der Waals surface area contributed by atoms with E-state index in [4.69, 9.17) is 9.26 Å². The highest BCUT2D eigenvalue weighted by atomic mass is 16.5. The molecular weight excluding hydrogens is 304 g/mol. The fourth-order valence-electron chi connectivity index (χ4n) is 3.65. The quantitative estimate of drug-likeness (QED) is 0.854. The maximum atomic E-state index is 5.96. The molecule has 2 aromatic heterocycles. The van der Waals surface area contributed by atoms with E-state index in [1.54, 1.807) is 6.20 Å². The fourth-order valence-corrected chi connectivity index (χ4v) is 3.65. The Morgan fingerprint density at radius 3 is 2.71 bits per heavy atom. The Hall–Kier alpha value is -1.95. The Kier molecular flexibility index (Phi) is 4.47. The number of ether oxygens (including phenoxy) is 1. The standard InChI is InChI=1S/C18H24N4O2/c1-22-11-5-8-15(22)18-20-17(21-24-18)13-9-10-16(19-12-13)23-14-6-3-2-4-7-14/h9-10,12,14-15H,2-8,11H2,1H3. The fraction of sp³-hybridized carbons (Fsp3) is 0.611. The minimum Gasteiger partial charge on any atom is -0.474 e. The molecule has 0 radical (unpaired) electrons. The molecule has 1 saturated heterocycles. The third kappa shape index (κ3) is 3.29. The van der Waals surface area contributed by atoms with Gasteiger partial charge in [0.2, 0.25) is 17.6 Å². The van der Waals surface area contributed by atoms with E-state index in [-0.39, 0.29) is 6.04 Å². The Labute approximate surface area is 142 Å². The zero-order valence-electron chi connectivity index (χ0n) is 14.1. The van der Waals surface area contributed by atoms with Crippen molar-refractivity contribution in [1.29, 1.82) is 0 Å². The van der Waals surface area contributed by atoms with Gasteiger partial charge in [0.15, 0.2) is 0 Å². The van der Waals surface area contributed by atoms with Crippen LogP contribution in [0.25, 0.3) is 11.4 Å². The second-order valence-electron chi connectivity index (χ2n) is 6.86. The zero-order chi connectivity index (χ0) is 16.4. The molecule has 0 bridgehead atoms. The molecule has 3 heterocycles. The van der Waals surface area contributed by atoms with Gasteiger partial charge in [-0.1, -0.05) is 11.6 Å². The first-order valence-corrected chi connectivity index (χ1v) is 8.96. The van der Waals surface area contributed by atoms with Crippen LogP contribution >= 0.6 is 0 Å². The second-order valence-corrected chi connectivity index (χ2v) is 6.86. The third-order valence-electron chi connectivity index (χ3n) is 5.08. The summed E-state index contributed by atoms with van der Waals surface area (Å²) in [4.78, 5) is 11.2. The van der Waals surface area contributed by atoms with Gasteiger partial charge in [0.05, 0.1) is 6.04 Å². The lowest BCUT2D eigenvalue weighted by Gasteiger charge is -2.22. The number of rotatable bonds is 4. The van der Waals surface area contributed by atoms with Crippen molar-refractivity contribution in [3.05, 3.63) is 24.2 Å². The molecular formula is C18H24N4O2. The van der Waals surface area contributed by atoms with Crippen LogP contribution in [-0.4, -0.2) is 39.7 Å². The summed E-state index contributed by atoms with van der Waals surface area (Å²) in [5, 5.41) is 4.12. The van der Waals surface area contributed by atoms with Gasteiger partial charge in [-0.25, -0.2) is 4.98 Å². The van der Waals surface area contributed by atoms with Crippen molar-refractivity contribution in [3.63, 3.8) is 0 Å². The molecule has 128 valence electrons. The van der Waals surface area contributed by atoms with Gasteiger partial charge in [-0.2, -0.15) is 4.98 Å². The van der Waals surface area contributed by atoms with E-state index in [0.717, 1.165) is 31.4 Å². The van der Waals surface area contributed by atoms with Crippen LogP contribution in [0, 0.1) is 0 Å².